The minimum Gasteiger partial charge on any atom is -0.376 e. The van der Waals surface area contributed by atoms with Gasteiger partial charge in [0.05, 0.1) is 12.1 Å². The van der Waals surface area contributed by atoms with Gasteiger partial charge in [0.15, 0.2) is 0 Å². The van der Waals surface area contributed by atoms with Crippen LogP contribution in [0.15, 0.2) is 42.5 Å². The highest BCUT2D eigenvalue weighted by Crippen LogP contribution is 2.19. The zero-order valence-corrected chi connectivity index (χ0v) is 12.1. The van der Waals surface area contributed by atoms with Crippen LogP contribution in [0.5, 0.6) is 0 Å². The fourth-order valence-electron chi connectivity index (χ4n) is 2.73. The van der Waals surface area contributed by atoms with Gasteiger partial charge in [-0.1, -0.05) is 30.3 Å². The van der Waals surface area contributed by atoms with Gasteiger partial charge in [-0.3, -0.25) is 0 Å². The SMILES string of the molecule is CC(NC(=O)Nc1ccc2ccccc2c1)C1CCCO1. The number of hydrogen-bond acceptors (Lipinski definition) is 2. The average Bonchev–Trinajstić information content (AvgIpc) is 3.01. The van der Waals surface area contributed by atoms with Crippen molar-refractivity contribution in [2.24, 2.45) is 0 Å². The van der Waals surface area contributed by atoms with Crippen LogP contribution >= 0.6 is 0 Å². The maximum atomic E-state index is 12.0. The molecule has 1 heterocycles. The molecule has 0 aliphatic carbocycles. The highest BCUT2D eigenvalue weighted by Gasteiger charge is 2.23. The van der Waals surface area contributed by atoms with Gasteiger partial charge < -0.3 is 15.4 Å². The fraction of sp³-hybridized carbons (Fsp3) is 0.353. The molecule has 4 heteroatoms. The van der Waals surface area contributed by atoms with Crippen molar-refractivity contribution < 1.29 is 9.53 Å². The van der Waals surface area contributed by atoms with E-state index in [4.69, 9.17) is 4.74 Å². The summed E-state index contributed by atoms with van der Waals surface area (Å²) in [6, 6.07) is 13.8. The van der Waals surface area contributed by atoms with Crippen molar-refractivity contribution in [1.82, 2.24) is 5.32 Å². The number of amides is 2. The van der Waals surface area contributed by atoms with Gasteiger partial charge in [-0.2, -0.15) is 0 Å². The summed E-state index contributed by atoms with van der Waals surface area (Å²) in [5.41, 5.74) is 0.797. The van der Waals surface area contributed by atoms with Crippen molar-refractivity contribution >= 4 is 22.5 Å². The van der Waals surface area contributed by atoms with E-state index in [1.54, 1.807) is 0 Å². The molecule has 2 aromatic carbocycles. The van der Waals surface area contributed by atoms with Crippen molar-refractivity contribution in [1.29, 1.82) is 0 Å². The molecule has 1 aliphatic heterocycles. The van der Waals surface area contributed by atoms with Gasteiger partial charge in [-0.15, -0.1) is 0 Å². The Morgan fingerprint density at radius 1 is 1.24 bits per heavy atom. The van der Waals surface area contributed by atoms with Crippen molar-refractivity contribution in [3.63, 3.8) is 0 Å². The molecule has 0 radical (unpaired) electrons. The maximum absolute atomic E-state index is 12.0. The van der Waals surface area contributed by atoms with E-state index in [1.165, 1.54) is 0 Å². The van der Waals surface area contributed by atoms with Crippen LogP contribution in [0.25, 0.3) is 10.8 Å². The van der Waals surface area contributed by atoms with E-state index < -0.39 is 0 Å². The Bertz CT molecular complexity index is 635. The Kier molecular flexibility index (Phi) is 4.06. The molecule has 1 aliphatic rings. The van der Waals surface area contributed by atoms with Gasteiger partial charge in [0.25, 0.3) is 0 Å². The second kappa shape index (κ2) is 6.14. The lowest BCUT2D eigenvalue weighted by Gasteiger charge is -2.20. The van der Waals surface area contributed by atoms with Crippen LogP contribution in [-0.4, -0.2) is 24.8 Å². The number of nitrogens with one attached hydrogen (secondary N) is 2. The predicted octanol–water partition coefficient (Wildman–Crippen LogP) is 3.53. The average molecular weight is 284 g/mol. The van der Waals surface area contributed by atoms with Crippen LogP contribution < -0.4 is 10.6 Å². The maximum Gasteiger partial charge on any atom is 0.319 e. The number of hydrogen-bond donors (Lipinski definition) is 2. The third-order valence-corrected chi connectivity index (χ3v) is 3.89. The van der Waals surface area contributed by atoms with E-state index in [0.29, 0.717) is 0 Å². The topological polar surface area (TPSA) is 50.4 Å². The van der Waals surface area contributed by atoms with Crippen LogP contribution in [0.1, 0.15) is 19.8 Å². The zero-order valence-electron chi connectivity index (χ0n) is 12.1. The molecular formula is C17H20N2O2. The lowest BCUT2D eigenvalue weighted by molar-refractivity contribution is 0.0868. The van der Waals surface area contributed by atoms with Crippen LogP contribution in [0.3, 0.4) is 0 Å². The van der Waals surface area contributed by atoms with E-state index in [2.05, 4.69) is 16.7 Å². The molecule has 21 heavy (non-hydrogen) atoms. The van der Waals surface area contributed by atoms with Crippen LogP contribution in [0.2, 0.25) is 0 Å². The van der Waals surface area contributed by atoms with Gasteiger partial charge in [0, 0.05) is 12.3 Å². The van der Waals surface area contributed by atoms with Crippen LogP contribution in [0.4, 0.5) is 10.5 Å². The minimum absolute atomic E-state index is 0.0213. The molecule has 0 spiro atoms. The Labute approximate surface area is 124 Å². The number of urea groups is 1. The van der Waals surface area contributed by atoms with E-state index in [0.717, 1.165) is 35.9 Å². The highest BCUT2D eigenvalue weighted by atomic mass is 16.5. The summed E-state index contributed by atoms with van der Waals surface area (Å²) < 4.78 is 5.58. The Balaban J connectivity index is 1.62. The Morgan fingerprint density at radius 2 is 2.05 bits per heavy atom. The number of carbonyl (C=O) groups is 1. The van der Waals surface area contributed by atoms with E-state index in [-0.39, 0.29) is 18.2 Å². The molecule has 110 valence electrons. The number of rotatable bonds is 3. The third-order valence-electron chi connectivity index (χ3n) is 3.89. The largest absolute Gasteiger partial charge is 0.376 e. The van der Waals surface area contributed by atoms with E-state index >= 15 is 0 Å². The van der Waals surface area contributed by atoms with Gasteiger partial charge in [-0.25, -0.2) is 4.79 Å². The molecule has 3 rings (SSSR count). The Morgan fingerprint density at radius 3 is 2.81 bits per heavy atom. The highest BCUT2D eigenvalue weighted by molar-refractivity contribution is 5.93. The summed E-state index contributed by atoms with van der Waals surface area (Å²) in [4.78, 5) is 12.0. The molecule has 0 bridgehead atoms. The predicted molar refractivity (Wildman–Crippen MR) is 84.5 cm³/mol. The first kappa shape index (κ1) is 13.9. The van der Waals surface area contributed by atoms with Crippen molar-refractivity contribution in [3.8, 4) is 0 Å². The molecule has 4 nitrogen and oxygen atoms in total. The summed E-state index contributed by atoms with van der Waals surface area (Å²) in [6.07, 6.45) is 2.22. The number of fused-ring (bicyclic) bond motifs is 1. The van der Waals surface area contributed by atoms with E-state index in [9.17, 15) is 4.79 Å². The first-order valence-electron chi connectivity index (χ1n) is 7.40. The normalized spacial score (nSPS) is 19.4. The first-order valence-corrected chi connectivity index (χ1v) is 7.40. The lowest BCUT2D eigenvalue weighted by atomic mass is 10.1. The zero-order chi connectivity index (χ0) is 14.7. The molecule has 1 saturated heterocycles. The summed E-state index contributed by atoms with van der Waals surface area (Å²) >= 11 is 0. The molecule has 1 fully saturated rings. The summed E-state index contributed by atoms with van der Waals surface area (Å²) in [5, 5.41) is 8.10. The van der Waals surface area contributed by atoms with Crippen LogP contribution in [-0.2, 0) is 4.74 Å². The molecular weight excluding hydrogens is 264 g/mol. The summed E-state index contributed by atoms with van der Waals surface area (Å²) in [6.45, 7) is 2.78. The lowest BCUT2D eigenvalue weighted by Crippen LogP contribution is -2.42. The number of ether oxygens (including phenoxy) is 1. The molecule has 2 atom stereocenters. The van der Waals surface area contributed by atoms with Crippen molar-refractivity contribution in [3.05, 3.63) is 42.5 Å². The molecule has 2 amide bonds. The molecule has 2 aromatic rings. The quantitative estimate of drug-likeness (QED) is 0.906. The number of carbonyl (C=O) groups excluding carboxylic acids is 1. The molecule has 0 aromatic heterocycles. The fourth-order valence-corrected chi connectivity index (χ4v) is 2.73. The molecule has 2 N–H and O–H groups in total. The second-order valence-corrected chi connectivity index (χ2v) is 5.50. The van der Waals surface area contributed by atoms with Crippen molar-refractivity contribution in [2.45, 2.75) is 31.9 Å². The summed E-state index contributed by atoms with van der Waals surface area (Å²) in [5.74, 6) is 0. The van der Waals surface area contributed by atoms with Crippen LogP contribution in [0, 0.1) is 0 Å². The van der Waals surface area contributed by atoms with Gasteiger partial charge in [0.1, 0.15) is 0 Å². The standard InChI is InChI=1S/C17H20N2O2/c1-12(16-7-4-10-21-16)18-17(20)19-15-9-8-13-5-2-3-6-14(13)11-15/h2-3,5-6,8-9,11-12,16H,4,7,10H2,1H3,(H2,18,19,20). The number of benzene rings is 2. The molecule has 0 saturated carbocycles. The van der Waals surface area contributed by atoms with Crippen molar-refractivity contribution in [2.75, 3.05) is 11.9 Å². The van der Waals surface area contributed by atoms with Gasteiger partial charge >= 0.3 is 6.03 Å². The molecule has 2 unspecified atom stereocenters. The summed E-state index contributed by atoms with van der Waals surface area (Å²) in [7, 11) is 0. The monoisotopic (exact) mass is 284 g/mol. The van der Waals surface area contributed by atoms with Gasteiger partial charge in [-0.05, 0) is 42.7 Å². The second-order valence-electron chi connectivity index (χ2n) is 5.50. The third kappa shape index (κ3) is 3.34. The smallest absolute Gasteiger partial charge is 0.319 e. The Hall–Kier alpha value is -2.07. The first-order chi connectivity index (χ1) is 10.2. The minimum atomic E-state index is -0.187. The van der Waals surface area contributed by atoms with Gasteiger partial charge in [0.2, 0.25) is 0 Å². The van der Waals surface area contributed by atoms with E-state index in [1.807, 2.05) is 43.3 Å². The number of anilines is 1.